The second-order valence-electron chi connectivity index (χ2n) is 6.16. The van der Waals surface area contributed by atoms with Crippen molar-refractivity contribution in [3.8, 4) is 5.75 Å². The maximum Gasteiger partial charge on any atom is 0.261 e. The minimum Gasteiger partial charge on any atom is -0.481 e. The molecule has 1 N–H and O–H groups in total. The van der Waals surface area contributed by atoms with Crippen LogP contribution in [-0.4, -0.2) is 12.0 Å². The van der Waals surface area contributed by atoms with Crippen LogP contribution >= 0.6 is 0 Å². The molecule has 0 aromatic heterocycles. The molecule has 24 heavy (non-hydrogen) atoms. The van der Waals surface area contributed by atoms with E-state index in [1.54, 1.807) is 0 Å². The van der Waals surface area contributed by atoms with Crippen LogP contribution in [0.2, 0.25) is 0 Å². The number of aryl methyl sites for hydroxylation is 2. The minimum absolute atomic E-state index is 0.0430. The predicted molar refractivity (Wildman–Crippen MR) is 98.3 cm³/mol. The summed E-state index contributed by atoms with van der Waals surface area (Å²) in [5, 5.41) is 3.06. The van der Waals surface area contributed by atoms with E-state index in [1.165, 1.54) is 5.56 Å². The van der Waals surface area contributed by atoms with Crippen molar-refractivity contribution in [2.75, 3.05) is 0 Å². The quantitative estimate of drug-likeness (QED) is 0.808. The van der Waals surface area contributed by atoms with Gasteiger partial charge < -0.3 is 10.1 Å². The fraction of sp³-hybridized carbons (Fsp3) is 0.381. The maximum atomic E-state index is 12.5. The number of rotatable bonds is 7. The molecule has 2 aromatic rings. The molecular weight excluding hydrogens is 298 g/mol. The Hall–Kier alpha value is -2.29. The lowest BCUT2D eigenvalue weighted by Crippen LogP contribution is -2.39. The second-order valence-corrected chi connectivity index (χ2v) is 6.16. The number of carbonyl (C=O) groups excluding carboxylic acids is 1. The first-order chi connectivity index (χ1) is 11.5. The average Bonchev–Trinajstić information content (AvgIpc) is 2.59. The Bertz CT molecular complexity index is 664. The lowest BCUT2D eigenvalue weighted by molar-refractivity contribution is -0.128. The third-order valence-electron chi connectivity index (χ3n) is 4.18. The minimum atomic E-state index is -0.482. The van der Waals surface area contributed by atoms with E-state index in [-0.39, 0.29) is 11.9 Å². The largest absolute Gasteiger partial charge is 0.481 e. The van der Waals surface area contributed by atoms with Crippen LogP contribution in [0.5, 0.6) is 5.75 Å². The number of amides is 1. The molecule has 128 valence electrons. The van der Waals surface area contributed by atoms with Crippen LogP contribution in [0.15, 0.2) is 48.5 Å². The summed E-state index contributed by atoms with van der Waals surface area (Å²) in [7, 11) is 0. The van der Waals surface area contributed by atoms with Gasteiger partial charge in [0.2, 0.25) is 0 Å². The molecule has 0 saturated heterocycles. The Morgan fingerprint density at radius 2 is 1.83 bits per heavy atom. The monoisotopic (exact) mass is 325 g/mol. The van der Waals surface area contributed by atoms with Crippen LogP contribution < -0.4 is 10.1 Å². The van der Waals surface area contributed by atoms with Crippen molar-refractivity contribution in [2.45, 2.75) is 52.7 Å². The van der Waals surface area contributed by atoms with Crippen LogP contribution in [0.25, 0.3) is 0 Å². The highest BCUT2D eigenvalue weighted by molar-refractivity contribution is 5.81. The topological polar surface area (TPSA) is 38.3 Å². The Labute approximate surface area is 145 Å². The number of benzene rings is 2. The highest BCUT2D eigenvalue weighted by atomic mass is 16.5. The average molecular weight is 325 g/mol. The molecule has 0 saturated carbocycles. The molecule has 0 bridgehead atoms. The zero-order valence-electron chi connectivity index (χ0n) is 15.0. The molecule has 0 heterocycles. The van der Waals surface area contributed by atoms with E-state index in [1.807, 2.05) is 45.0 Å². The smallest absolute Gasteiger partial charge is 0.261 e. The van der Waals surface area contributed by atoms with Crippen molar-refractivity contribution >= 4 is 5.91 Å². The third-order valence-corrected chi connectivity index (χ3v) is 4.18. The van der Waals surface area contributed by atoms with Gasteiger partial charge in [-0.15, -0.1) is 0 Å². The Morgan fingerprint density at radius 1 is 1.12 bits per heavy atom. The van der Waals surface area contributed by atoms with Crippen molar-refractivity contribution in [1.82, 2.24) is 5.32 Å². The van der Waals surface area contributed by atoms with Gasteiger partial charge in [0, 0.05) is 0 Å². The molecule has 0 radical (unpaired) electrons. The molecule has 0 aliphatic heterocycles. The highest BCUT2D eigenvalue weighted by Gasteiger charge is 2.20. The van der Waals surface area contributed by atoms with Crippen molar-refractivity contribution in [3.63, 3.8) is 0 Å². The second kappa shape index (κ2) is 8.53. The van der Waals surface area contributed by atoms with Crippen LogP contribution in [0, 0.1) is 6.92 Å². The highest BCUT2D eigenvalue weighted by Crippen LogP contribution is 2.17. The first-order valence-corrected chi connectivity index (χ1v) is 8.66. The lowest BCUT2D eigenvalue weighted by Gasteiger charge is -2.21. The van der Waals surface area contributed by atoms with E-state index in [4.69, 9.17) is 4.74 Å². The lowest BCUT2D eigenvalue weighted by atomic mass is 10.0. The molecule has 0 fully saturated rings. The molecule has 2 atom stereocenters. The van der Waals surface area contributed by atoms with Gasteiger partial charge in [-0.1, -0.05) is 50.2 Å². The zero-order chi connectivity index (χ0) is 17.5. The molecule has 0 aliphatic carbocycles. The van der Waals surface area contributed by atoms with Gasteiger partial charge in [-0.2, -0.15) is 0 Å². The van der Waals surface area contributed by atoms with Crippen LogP contribution in [0.1, 0.15) is 49.9 Å². The maximum absolute atomic E-state index is 12.5. The summed E-state index contributed by atoms with van der Waals surface area (Å²) in [6.45, 7) is 8.10. The Balaban J connectivity index is 1.99. The molecule has 1 amide bonds. The zero-order valence-corrected chi connectivity index (χ0v) is 15.0. The summed E-state index contributed by atoms with van der Waals surface area (Å²) in [6.07, 6.45) is 1.16. The van der Waals surface area contributed by atoms with E-state index in [0.717, 1.165) is 23.3 Å². The molecule has 3 nitrogen and oxygen atoms in total. The van der Waals surface area contributed by atoms with Crippen molar-refractivity contribution in [2.24, 2.45) is 0 Å². The molecule has 0 unspecified atom stereocenters. The molecule has 2 rings (SSSR count). The van der Waals surface area contributed by atoms with Gasteiger partial charge in [0.05, 0.1) is 6.04 Å². The van der Waals surface area contributed by atoms with E-state index in [9.17, 15) is 4.79 Å². The van der Waals surface area contributed by atoms with Gasteiger partial charge in [0.15, 0.2) is 6.10 Å². The number of carbonyl (C=O) groups is 1. The van der Waals surface area contributed by atoms with Crippen molar-refractivity contribution in [1.29, 1.82) is 0 Å². The van der Waals surface area contributed by atoms with Gasteiger partial charge in [0.25, 0.3) is 5.91 Å². The fourth-order valence-corrected chi connectivity index (χ4v) is 2.61. The summed E-state index contributed by atoms with van der Waals surface area (Å²) in [6, 6.07) is 16.1. The Kier molecular flexibility index (Phi) is 6.42. The van der Waals surface area contributed by atoms with E-state index >= 15 is 0 Å². The van der Waals surface area contributed by atoms with Gasteiger partial charge in [-0.3, -0.25) is 4.79 Å². The number of nitrogens with one attached hydrogen (secondary N) is 1. The SMILES string of the molecule is CCc1ccc([C@@H](C)NC(=O)[C@H](CC)Oc2cccc(C)c2)cc1. The molecule has 0 spiro atoms. The standard InChI is InChI=1S/C21H27NO2/c1-5-17-10-12-18(13-11-17)16(4)22-21(23)20(6-2)24-19-9-7-8-15(3)14-19/h7-14,16,20H,5-6H2,1-4H3,(H,22,23)/t16-,20+/m1/s1. The normalized spacial score (nSPS) is 13.2. The van der Waals surface area contributed by atoms with E-state index in [2.05, 4.69) is 36.5 Å². The summed E-state index contributed by atoms with van der Waals surface area (Å²) in [5.74, 6) is 0.656. The van der Waals surface area contributed by atoms with Crippen LogP contribution in [0.3, 0.4) is 0 Å². The van der Waals surface area contributed by atoms with Gasteiger partial charge >= 0.3 is 0 Å². The summed E-state index contributed by atoms with van der Waals surface area (Å²) >= 11 is 0. The predicted octanol–water partition coefficient (Wildman–Crippen LogP) is 4.59. The Morgan fingerprint density at radius 3 is 2.42 bits per heavy atom. The van der Waals surface area contributed by atoms with Gasteiger partial charge in [-0.05, 0) is 55.5 Å². The molecule has 3 heteroatoms. The number of ether oxygens (including phenoxy) is 1. The summed E-state index contributed by atoms with van der Waals surface area (Å²) in [4.78, 5) is 12.5. The van der Waals surface area contributed by atoms with Crippen LogP contribution in [0.4, 0.5) is 0 Å². The fourth-order valence-electron chi connectivity index (χ4n) is 2.61. The van der Waals surface area contributed by atoms with Gasteiger partial charge in [0.1, 0.15) is 5.75 Å². The first kappa shape index (κ1) is 18.1. The molecular formula is C21H27NO2. The van der Waals surface area contributed by atoms with Crippen molar-refractivity contribution < 1.29 is 9.53 Å². The van der Waals surface area contributed by atoms with Crippen molar-refractivity contribution in [3.05, 3.63) is 65.2 Å². The van der Waals surface area contributed by atoms with Gasteiger partial charge in [-0.25, -0.2) is 0 Å². The molecule has 2 aromatic carbocycles. The summed E-state index contributed by atoms with van der Waals surface area (Å²) < 4.78 is 5.87. The first-order valence-electron chi connectivity index (χ1n) is 8.66. The van der Waals surface area contributed by atoms with Crippen LogP contribution in [-0.2, 0) is 11.2 Å². The van der Waals surface area contributed by atoms with E-state index < -0.39 is 6.10 Å². The summed E-state index contributed by atoms with van der Waals surface area (Å²) in [5.41, 5.74) is 3.52. The number of hydrogen-bond donors (Lipinski definition) is 1. The third kappa shape index (κ3) is 4.85. The van der Waals surface area contributed by atoms with E-state index in [0.29, 0.717) is 6.42 Å². The molecule has 0 aliphatic rings. The number of hydrogen-bond acceptors (Lipinski definition) is 2.